The smallest absolute Gasteiger partial charge is 0.00177 e. The van der Waals surface area contributed by atoms with Crippen LogP contribution in [0.2, 0.25) is 0 Å². The summed E-state index contributed by atoms with van der Waals surface area (Å²) in [7, 11) is 2.10. The Balaban J connectivity index is 1.80. The van der Waals surface area contributed by atoms with Crippen molar-refractivity contribution < 1.29 is 0 Å². The average Bonchev–Trinajstić information content (AvgIpc) is 2.39. The Bertz CT molecular complexity index is 435. The first-order valence-corrected chi connectivity index (χ1v) is 8.52. The van der Waals surface area contributed by atoms with Crippen LogP contribution in [-0.4, -0.2) is 13.6 Å². The van der Waals surface area contributed by atoms with Crippen LogP contribution in [0.3, 0.4) is 0 Å². The van der Waals surface area contributed by atoms with Crippen molar-refractivity contribution in [3.05, 3.63) is 35.4 Å². The van der Waals surface area contributed by atoms with Gasteiger partial charge in [-0.3, -0.25) is 0 Å². The van der Waals surface area contributed by atoms with Gasteiger partial charge in [-0.25, -0.2) is 0 Å². The summed E-state index contributed by atoms with van der Waals surface area (Å²) in [6.45, 7) is 3.60. The predicted molar refractivity (Wildman–Crippen MR) is 86.2 cm³/mol. The monoisotopic (exact) mass is 271 g/mol. The molecule has 2 aliphatic carbocycles. The Kier molecular flexibility index (Phi) is 4.45. The second-order valence-corrected chi connectivity index (χ2v) is 7.14. The second-order valence-electron chi connectivity index (χ2n) is 7.14. The number of rotatable bonds is 4. The van der Waals surface area contributed by atoms with Crippen molar-refractivity contribution in [3.8, 4) is 0 Å². The molecule has 2 fully saturated rings. The van der Waals surface area contributed by atoms with Gasteiger partial charge in [0.15, 0.2) is 0 Å². The molecule has 1 aromatic rings. The summed E-state index contributed by atoms with van der Waals surface area (Å²) >= 11 is 0. The molecule has 0 spiro atoms. The Morgan fingerprint density at radius 2 is 1.90 bits per heavy atom. The molecule has 0 radical (unpaired) electrons. The maximum absolute atomic E-state index is 3.41. The van der Waals surface area contributed by atoms with E-state index in [-0.39, 0.29) is 0 Å². The van der Waals surface area contributed by atoms with Crippen LogP contribution >= 0.6 is 0 Å². The highest BCUT2D eigenvalue weighted by molar-refractivity contribution is 5.30. The summed E-state index contributed by atoms with van der Waals surface area (Å²) in [6.07, 6.45) is 8.42. The molecule has 1 aromatic carbocycles. The molecule has 1 heteroatoms. The normalized spacial score (nSPS) is 31.0. The lowest BCUT2D eigenvalue weighted by Gasteiger charge is -2.36. The third-order valence-corrected chi connectivity index (χ3v) is 5.64. The number of hydrogen-bond acceptors (Lipinski definition) is 1. The van der Waals surface area contributed by atoms with Crippen LogP contribution < -0.4 is 5.32 Å². The molecule has 3 atom stereocenters. The zero-order valence-corrected chi connectivity index (χ0v) is 13.1. The van der Waals surface area contributed by atoms with Crippen molar-refractivity contribution in [1.29, 1.82) is 0 Å². The summed E-state index contributed by atoms with van der Waals surface area (Å²) in [6, 6.07) is 9.58. The predicted octanol–water partition coefficient (Wildman–Crippen LogP) is 4.69. The highest BCUT2D eigenvalue weighted by Gasteiger charge is 2.30. The van der Waals surface area contributed by atoms with E-state index in [0.29, 0.717) is 0 Å². The van der Waals surface area contributed by atoms with E-state index in [1.54, 1.807) is 11.1 Å². The molecule has 20 heavy (non-hydrogen) atoms. The van der Waals surface area contributed by atoms with E-state index in [4.69, 9.17) is 0 Å². The van der Waals surface area contributed by atoms with Gasteiger partial charge in [0.2, 0.25) is 0 Å². The molecule has 110 valence electrons. The van der Waals surface area contributed by atoms with Crippen LogP contribution in [0.4, 0.5) is 0 Å². The van der Waals surface area contributed by atoms with Crippen molar-refractivity contribution >= 4 is 0 Å². The van der Waals surface area contributed by atoms with Gasteiger partial charge in [0.1, 0.15) is 0 Å². The van der Waals surface area contributed by atoms with Crippen LogP contribution in [0, 0.1) is 11.8 Å². The lowest BCUT2D eigenvalue weighted by Crippen LogP contribution is -2.30. The third-order valence-electron chi connectivity index (χ3n) is 5.64. The van der Waals surface area contributed by atoms with Crippen LogP contribution in [0.25, 0.3) is 0 Å². The summed E-state index contributed by atoms with van der Waals surface area (Å²) in [5, 5.41) is 3.41. The minimum Gasteiger partial charge on any atom is -0.319 e. The standard InChI is InChI=1S/C19H29N/c1-14-9-10-18(13-20-2)19(11-14)17-8-4-7-16(12-17)15-5-3-6-15/h4,7-8,12,14-15,18-20H,3,5-6,9-11,13H2,1-2H3. The van der Waals surface area contributed by atoms with E-state index in [9.17, 15) is 0 Å². The number of benzene rings is 1. The Hall–Kier alpha value is -0.820. The van der Waals surface area contributed by atoms with Crippen molar-refractivity contribution in [2.24, 2.45) is 11.8 Å². The number of nitrogens with one attached hydrogen (secondary N) is 1. The fourth-order valence-corrected chi connectivity index (χ4v) is 4.14. The molecule has 3 unspecified atom stereocenters. The van der Waals surface area contributed by atoms with E-state index in [2.05, 4.69) is 43.6 Å². The van der Waals surface area contributed by atoms with Crippen LogP contribution in [-0.2, 0) is 0 Å². The van der Waals surface area contributed by atoms with Crippen molar-refractivity contribution in [3.63, 3.8) is 0 Å². The van der Waals surface area contributed by atoms with E-state index in [1.165, 1.54) is 45.1 Å². The van der Waals surface area contributed by atoms with E-state index >= 15 is 0 Å². The van der Waals surface area contributed by atoms with E-state index in [0.717, 1.165) is 23.7 Å². The lowest BCUT2D eigenvalue weighted by molar-refractivity contribution is 0.245. The van der Waals surface area contributed by atoms with Crippen molar-refractivity contribution in [2.45, 2.75) is 57.3 Å². The van der Waals surface area contributed by atoms with Gasteiger partial charge in [-0.05, 0) is 74.1 Å². The number of hydrogen-bond donors (Lipinski definition) is 1. The van der Waals surface area contributed by atoms with Crippen molar-refractivity contribution in [2.75, 3.05) is 13.6 Å². The van der Waals surface area contributed by atoms with Crippen LogP contribution in [0.15, 0.2) is 24.3 Å². The lowest BCUT2D eigenvalue weighted by atomic mass is 9.70. The Labute approximate surface area is 124 Å². The van der Waals surface area contributed by atoms with Crippen LogP contribution in [0.5, 0.6) is 0 Å². The molecule has 0 bridgehead atoms. The topological polar surface area (TPSA) is 12.0 Å². The second kappa shape index (κ2) is 6.30. The van der Waals surface area contributed by atoms with Crippen LogP contribution in [0.1, 0.15) is 68.4 Å². The van der Waals surface area contributed by atoms with E-state index < -0.39 is 0 Å². The molecule has 1 N–H and O–H groups in total. The summed E-state index contributed by atoms with van der Waals surface area (Å²) in [4.78, 5) is 0. The molecule has 0 saturated heterocycles. The highest BCUT2D eigenvalue weighted by atomic mass is 14.8. The first kappa shape index (κ1) is 14.1. The maximum Gasteiger partial charge on any atom is -0.00177 e. The minimum absolute atomic E-state index is 0.770. The maximum atomic E-state index is 3.41. The van der Waals surface area contributed by atoms with Gasteiger partial charge in [0.25, 0.3) is 0 Å². The zero-order valence-electron chi connectivity index (χ0n) is 13.1. The van der Waals surface area contributed by atoms with Crippen molar-refractivity contribution in [1.82, 2.24) is 5.32 Å². The van der Waals surface area contributed by atoms with Gasteiger partial charge in [0, 0.05) is 0 Å². The summed E-state index contributed by atoms with van der Waals surface area (Å²) < 4.78 is 0. The molecule has 3 rings (SSSR count). The summed E-state index contributed by atoms with van der Waals surface area (Å²) in [5.74, 6) is 3.35. The highest BCUT2D eigenvalue weighted by Crippen LogP contribution is 2.42. The molecule has 2 aliphatic rings. The molecular formula is C19H29N. The van der Waals surface area contributed by atoms with Gasteiger partial charge >= 0.3 is 0 Å². The fraction of sp³-hybridized carbons (Fsp3) is 0.684. The van der Waals surface area contributed by atoms with Gasteiger partial charge in [0.05, 0.1) is 0 Å². The van der Waals surface area contributed by atoms with Gasteiger partial charge in [-0.15, -0.1) is 0 Å². The zero-order chi connectivity index (χ0) is 13.9. The van der Waals surface area contributed by atoms with E-state index in [1.807, 2.05) is 0 Å². The first-order valence-electron chi connectivity index (χ1n) is 8.52. The van der Waals surface area contributed by atoms with Gasteiger partial charge in [-0.2, -0.15) is 0 Å². The minimum atomic E-state index is 0.770. The first-order chi connectivity index (χ1) is 9.78. The largest absolute Gasteiger partial charge is 0.319 e. The van der Waals surface area contributed by atoms with Gasteiger partial charge < -0.3 is 5.32 Å². The third kappa shape index (κ3) is 2.93. The van der Waals surface area contributed by atoms with Gasteiger partial charge in [-0.1, -0.05) is 44.0 Å². The summed E-state index contributed by atoms with van der Waals surface area (Å²) in [5.41, 5.74) is 3.22. The molecule has 1 nitrogen and oxygen atoms in total. The molecule has 0 amide bonds. The fourth-order valence-electron chi connectivity index (χ4n) is 4.14. The molecule has 2 saturated carbocycles. The molecule has 0 aliphatic heterocycles. The molecule has 0 aromatic heterocycles. The Morgan fingerprint density at radius 3 is 2.60 bits per heavy atom. The Morgan fingerprint density at radius 1 is 1.10 bits per heavy atom. The molecule has 0 heterocycles. The molecular weight excluding hydrogens is 242 g/mol. The SMILES string of the molecule is CNCC1CCC(C)CC1c1cccc(C2CCC2)c1. The quantitative estimate of drug-likeness (QED) is 0.837. The average molecular weight is 271 g/mol.